The summed E-state index contributed by atoms with van der Waals surface area (Å²) in [4.78, 5) is -0.119. The van der Waals surface area contributed by atoms with Gasteiger partial charge < -0.3 is 0 Å². The number of sulfonamides is 1. The van der Waals surface area contributed by atoms with Crippen molar-refractivity contribution in [3.63, 3.8) is 0 Å². The van der Waals surface area contributed by atoms with Gasteiger partial charge in [0.25, 0.3) is 0 Å². The maximum atomic E-state index is 12.5. The molecule has 0 atom stereocenters. The summed E-state index contributed by atoms with van der Waals surface area (Å²) >= 11 is 5.42. The van der Waals surface area contributed by atoms with Crippen molar-refractivity contribution in [1.29, 1.82) is 0 Å². The van der Waals surface area contributed by atoms with Gasteiger partial charge in [0.1, 0.15) is 6.54 Å². The second-order valence-electron chi connectivity index (χ2n) is 4.41. The van der Waals surface area contributed by atoms with Crippen LogP contribution in [-0.4, -0.2) is 37.9 Å². The number of hydrogen-bond acceptors (Lipinski definition) is 2. The van der Waals surface area contributed by atoms with Crippen LogP contribution in [0.3, 0.4) is 0 Å². The van der Waals surface area contributed by atoms with Crippen LogP contribution >= 0.6 is 11.6 Å². The molecule has 1 aromatic carbocycles. The second-order valence-corrected chi connectivity index (χ2v) is 6.70. The standard InChI is InChI=1S/C12H15ClF3NO2S/c1-9-3-4-10(2)11(7-9)20(18,19)17(6-5-13)8-12(14,15)16/h3-4,7H,5-6,8H2,1-2H3. The Balaban J connectivity index is 3.26. The van der Waals surface area contributed by atoms with Crippen LogP contribution in [0.25, 0.3) is 0 Å². The van der Waals surface area contributed by atoms with Crippen LogP contribution in [-0.2, 0) is 10.0 Å². The van der Waals surface area contributed by atoms with Crippen molar-refractivity contribution in [1.82, 2.24) is 4.31 Å². The van der Waals surface area contributed by atoms with Crippen LogP contribution in [0.4, 0.5) is 13.2 Å². The monoisotopic (exact) mass is 329 g/mol. The van der Waals surface area contributed by atoms with Gasteiger partial charge in [-0.05, 0) is 31.0 Å². The van der Waals surface area contributed by atoms with Crippen molar-refractivity contribution < 1.29 is 21.6 Å². The lowest BCUT2D eigenvalue weighted by Gasteiger charge is -2.23. The van der Waals surface area contributed by atoms with Crippen LogP contribution in [0.2, 0.25) is 0 Å². The van der Waals surface area contributed by atoms with Crippen molar-refractivity contribution in [2.24, 2.45) is 0 Å². The topological polar surface area (TPSA) is 37.4 Å². The zero-order valence-corrected chi connectivity index (χ0v) is 12.6. The molecule has 0 N–H and O–H groups in total. The molecule has 0 bridgehead atoms. The molecule has 0 radical (unpaired) electrons. The number of rotatable bonds is 5. The van der Waals surface area contributed by atoms with Gasteiger partial charge in [-0.15, -0.1) is 11.6 Å². The molecule has 1 aromatic rings. The maximum Gasteiger partial charge on any atom is 0.402 e. The fraction of sp³-hybridized carbons (Fsp3) is 0.500. The molecule has 3 nitrogen and oxygen atoms in total. The first-order valence-corrected chi connectivity index (χ1v) is 7.75. The summed E-state index contributed by atoms with van der Waals surface area (Å²) < 4.78 is 62.6. The van der Waals surface area contributed by atoms with E-state index >= 15 is 0 Å². The molecule has 0 aliphatic heterocycles. The van der Waals surface area contributed by atoms with Crippen molar-refractivity contribution >= 4 is 21.6 Å². The van der Waals surface area contributed by atoms with Gasteiger partial charge in [0.05, 0.1) is 4.90 Å². The normalized spacial score (nSPS) is 12.9. The van der Waals surface area contributed by atoms with Crippen LogP contribution in [0.5, 0.6) is 0 Å². The van der Waals surface area contributed by atoms with E-state index in [2.05, 4.69) is 0 Å². The largest absolute Gasteiger partial charge is 0.402 e. The minimum absolute atomic E-state index is 0.119. The highest BCUT2D eigenvalue weighted by molar-refractivity contribution is 7.89. The third-order valence-corrected chi connectivity index (χ3v) is 4.81. The Morgan fingerprint density at radius 2 is 1.85 bits per heavy atom. The molecule has 0 aliphatic rings. The molecule has 0 amide bonds. The lowest BCUT2D eigenvalue weighted by molar-refractivity contribution is -0.135. The van der Waals surface area contributed by atoms with Gasteiger partial charge in [-0.3, -0.25) is 0 Å². The molecule has 114 valence electrons. The summed E-state index contributed by atoms with van der Waals surface area (Å²) in [7, 11) is -4.22. The highest BCUT2D eigenvalue weighted by atomic mass is 35.5. The van der Waals surface area contributed by atoms with E-state index in [1.54, 1.807) is 26.0 Å². The van der Waals surface area contributed by atoms with Crippen LogP contribution in [0, 0.1) is 13.8 Å². The van der Waals surface area contributed by atoms with E-state index in [0.29, 0.717) is 15.4 Å². The van der Waals surface area contributed by atoms with Gasteiger partial charge in [0, 0.05) is 12.4 Å². The molecule has 0 unspecified atom stereocenters. The Bertz CT molecular complexity index is 573. The van der Waals surface area contributed by atoms with Crippen molar-refractivity contribution in [3.8, 4) is 0 Å². The fourth-order valence-corrected chi connectivity index (χ4v) is 3.74. The second kappa shape index (κ2) is 6.32. The van der Waals surface area contributed by atoms with Gasteiger partial charge in [-0.25, -0.2) is 8.42 Å². The Morgan fingerprint density at radius 1 is 1.25 bits per heavy atom. The highest BCUT2D eigenvalue weighted by Gasteiger charge is 2.37. The Morgan fingerprint density at radius 3 is 2.35 bits per heavy atom. The molecule has 0 aromatic heterocycles. The van der Waals surface area contributed by atoms with Gasteiger partial charge >= 0.3 is 6.18 Å². The third kappa shape index (κ3) is 4.36. The summed E-state index contributed by atoms with van der Waals surface area (Å²) in [5, 5.41) is 0. The molecule has 1 rings (SSSR count). The van der Waals surface area contributed by atoms with Crippen molar-refractivity contribution in [3.05, 3.63) is 29.3 Å². The number of benzene rings is 1. The van der Waals surface area contributed by atoms with E-state index in [1.165, 1.54) is 6.07 Å². The van der Waals surface area contributed by atoms with Gasteiger partial charge in [-0.1, -0.05) is 12.1 Å². The molecule has 0 heterocycles. The van der Waals surface area contributed by atoms with E-state index in [1.807, 2.05) is 0 Å². The number of halogens is 4. The Hall–Kier alpha value is -0.790. The van der Waals surface area contributed by atoms with E-state index < -0.39 is 29.3 Å². The van der Waals surface area contributed by atoms with E-state index in [9.17, 15) is 21.6 Å². The summed E-state index contributed by atoms with van der Waals surface area (Å²) in [6.07, 6.45) is -4.61. The zero-order chi connectivity index (χ0) is 15.6. The van der Waals surface area contributed by atoms with Gasteiger partial charge in [0.15, 0.2) is 0 Å². The number of aryl methyl sites for hydroxylation is 2. The summed E-state index contributed by atoms with van der Waals surface area (Å²) in [6.45, 7) is 1.28. The zero-order valence-electron chi connectivity index (χ0n) is 11.0. The predicted molar refractivity (Wildman–Crippen MR) is 71.4 cm³/mol. The minimum Gasteiger partial charge on any atom is -0.207 e. The van der Waals surface area contributed by atoms with Crippen molar-refractivity contribution in [2.45, 2.75) is 24.9 Å². The predicted octanol–water partition coefficient (Wildman–Crippen LogP) is 3.10. The lowest BCUT2D eigenvalue weighted by Crippen LogP contribution is -2.40. The van der Waals surface area contributed by atoms with Gasteiger partial charge in [-0.2, -0.15) is 17.5 Å². The van der Waals surface area contributed by atoms with E-state index in [-0.39, 0.29) is 10.8 Å². The summed E-state index contributed by atoms with van der Waals surface area (Å²) in [5.74, 6) is -0.208. The lowest BCUT2D eigenvalue weighted by atomic mass is 10.2. The van der Waals surface area contributed by atoms with E-state index in [0.717, 1.165) is 0 Å². The fourth-order valence-electron chi connectivity index (χ4n) is 1.70. The molecule has 0 saturated carbocycles. The molecular weight excluding hydrogens is 315 g/mol. The Labute approximate surface area is 121 Å². The van der Waals surface area contributed by atoms with E-state index in [4.69, 9.17) is 11.6 Å². The van der Waals surface area contributed by atoms with Crippen molar-refractivity contribution in [2.75, 3.05) is 19.0 Å². The number of nitrogens with zero attached hydrogens (tertiary/aromatic N) is 1. The first-order chi connectivity index (χ1) is 9.08. The molecular formula is C12H15ClF3NO2S. The van der Waals surface area contributed by atoms with Crippen LogP contribution in [0.15, 0.2) is 23.1 Å². The Kier molecular flexibility index (Phi) is 5.46. The number of hydrogen-bond donors (Lipinski definition) is 0. The molecule has 0 saturated heterocycles. The van der Waals surface area contributed by atoms with Crippen LogP contribution in [0.1, 0.15) is 11.1 Å². The summed E-state index contributed by atoms with van der Waals surface area (Å²) in [5.41, 5.74) is 1.06. The molecule has 8 heteroatoms. The maximum absolute atomic E-state index is 12.5. The van der Waals surface area contributed by atoms with Gasteiger partial charge in [0.2, 0.25) is 10.0 Å². The molecule has 0 aliphatic carbocycles. The molecule has 0 fully saturated rings. The summed E-state index contributed by atoms with van der Waals surface area (Å²) in [6, 6.07) is 4.63. The minimum atomic E-state index is -4.61. The highest BCUT2D eigenvalue weighted by Crippen LogP contribution is 2.25. The smallest absolute Gasteiger partial charge is 0.207 e. The average molecular weight is 330 g/mol. The first kappa shape index (κ1) is 17.3. The van der Waals surface area contributed by atoms with Crippen LogP contribution < -0.4 is 0 Å². The first-order valence-electron chi connectivity index (χ1n) is 5.78. The SMILES string of the molecule is Cc1ccc(C)c(S(=O)(=O)N(CCCl)CC(F)(F)F)c1. The molecule has 20 heavy (non-hydrogen) atoms. The number of alkyl halides is 4. The quantitative estimate of drug-likeness (QED) is 0.778. The molecule has 0 spiro atoms. The third-order valence-electron chi connectivity index (χ3n) is 2.65. The average Bonchev–Trinajstić information content (AvgIpc) is 2.30.